The van der Waals surface area contributed by atoms with Crippen LogP contribution in [0.4, 0.5) is 5.82 Å². The van der Waals surface area contributed by atoms with E-state index in [1.54, 1.807) is 23.0 Å². The number of nitrogens with two attached hydrogens (primary N) is 1. The van der Waals surface area contributed by atoms with Crippen LogP contribution in [0.2, 0.25) is 0 Å². The maximum atomic E-state index is 12.4. The highest BCUT2D eigenvalue weighted by Crippen LogP contribution is 2.38. The van der Waals surface area contributed by atoms with Crippen LogP contribution in [0.15, 0.2) is 21.4 Å². The summed E-state index contributed by atoms with van der Waals surface area (Å²) in [6.45, 7) is 0. The molecule has 0 saturated carbocycles. The van der Waals surface area contributed by atoms with Crippen molar-refractivity contribution in [2.75, 3.05) is 5.73 Å². The number of nitrogens with zero attached hydrogens (tertiary/aromatic N) is 4. The van der Waals surface area contributed by atoms with E-state index in [2.05, 4.69) is 9.97 Å². The van der Waals surface area contributed by atoms with Crippen LogP contribution < -0.4 is 11.3 Å². The fraction of sp³-hybridized carbons (Fsp3) is 0.333. The van der Waals surface area contributed by atoms with Crippen molar-refractivity contribution in [3.63, 3.8) is 0 Å². The molecule has 0 atom stereocenters. The van der Waals surface area contributed by atoms with Gasteiger partial charge in [0.05, 0.1) is 16.7 Å². The minimum absolute atomic E-state index is 0.0145. The number of hydrogen-bond donors (Lipinski definition) is 1. The van der Waals surface area contributed by atoms with Crippen LogP contribution in [0.5, 0.6) is 0 Å². The number of thioether (sulfide) groups is 1. The van der Waals surface area contributed by atoms with Gasteiger partial charge in [-0.1, -0.05) is 11.8 Å². The van der Waals surface area contributed by atoms with Crippen LogP contribution in [0.3, 0.4) is 0 Å². The second-order valence-corrected chi connectivity index (χ2v) is 9.54. The number of thiophene rings is 2. The van der Waals surface area contributed by atoms with Gasteiger partial charge in [-0.15, -0.1) is 22.7 Å². The Morgan fingerprint density at radius 1 is 1.26 bits per heavy atom. The average molecular weight is 416 g/mol. The summed E-state index contributed by atoms with van der Waals surface area (Å²) in [7, 11) is 1.75. The second kappa shape index (κ2) is 6.57. The van der Waals surface area contributed by atoms with Crippen molar-refractivity contribution in [2.45, 2.75) is 36.6 Å². The summed E-state index contributed by atoms with van der Waals surface area (Å²) in [5.74, 6) is 1.78. The Bertz CT molecular complexity index is 1240. The van der Waals surface area contributed by atoms with Crippen LogP contribution in [-0.4, -0.2) is 19.5 Å². The molecule has 9 heteroatoms. The fourth-order valence-electron chi connectivity index (χ4n) is 3.52. The van der Waals surface area contributed by atoms with Gasteiger partial charge in [-0.25, -0.2) is 15.0 Å². The van der Waals surface area contributed by atoms with E-state index in [1.807, 2.05) is 11.4 Å². The van der Waals surface area contributed by atoms with Gasteiger partial charge in [-0.2, -0.15) is 0 Å². The van der Waals surface area contributed by atoms with E-state index < -0.39 is 0 Å². The molecule has 4 aromatic rings. The summed E-state index contributed by atoms with van der Waals surface area (Å²) in [6, 6.07) is 1.88. The SMILES string of the molecule is Cn1c(SCc2nc(N)c3c4c(sc3n2)CCCC4)nc2ccsc2c1=O. The third kappa shape index (κ3) is 2.84. The lowest BCUT2D eigenvalue weighted by Gasteiger charge is -2.11. The Kier molecular flexibility index (Phi) is 4.18. The largest absolute Gasteiger partial charge is 0.383 e. The molecule has 0 radical (unpaired) electrons. The maximum absolute atomic E-state index is 12.4. The van der Waals surface area contributed by atoms with Crippen molar-refractivity contribution >= 4 is 60.7 Å². The Balaban J connectivity index is 1.49. The topological polar surface area (TPSA) is 86.7 Å². The Hall–Kier alpha value is -1.97. The Morgan fingerprint density at radius 3 is 3.00 bits per heavy atom. The van der Waals surface area contributed by atoms with Crippen molar-refractivity contribution in [3.8, 4) is 0 Å². The first kappa shape index (κ1) is 17.2. The molecule has 4 heterocycles. The van der Waals surface area contributed by atoms with Crippen molar-refractivity contribution in [1.29, 1.82) is 0 Å². The van der Waals surface area contributed by atoms with E-state index in [4.69, 9.17) is 10.7 Å². The standard InChI is InChI=1S/C18H17N5OS3/c1-23-17(24)14-10(6-7-25-14)20-18(23)26-8-12-21-15(19)13-9-4-2-3-5-11(9)27-16(13)22-12/h6-7H,2-5,8H2,1H3,(H2,19,21,22). The van der Waals surface area contributed by atoms with Crippen LogP contribution in [0.25, 0.3) is 20.4 Å². The summed E-state index contributed by atoms with van der Waals surface area (Å²) in [4.78, 5) is 28.7. The molecular formula is C18H17N5OS3. The zero-order chi connectivity index (χ0) is 18.5. The first-order chi connectivity index (χ1) is 13.1. The lowest BCUT2D eigenvalue weighted by atomic mass is 9.97. The average Bonchev–Trinajstić information content (AvgIpc) is 3.27. The van der Waals surface area contributed by atoms with E-state index in [1.165, 1.54) is 46.4 Å². The lowest BCUT2D eigenvalue weighted by molar-refractivity contribution is 0.700. The molecule has 0 bridgehead atoms. The molecule has 6 nitrogen and oxygen atoms in total. The third-order valence-electron chi connectivity index (χ3n) is 4.87. The molecule has 0 spiro atoms. The van der Waals surface area contributed by atoms with Crippen molar-refractivity contribution in [1.82, 2.24) is 19.5 Å². The zero-order valence-electron chi connectivity index (χ0n) is 14.7. The highest BCUT2D eigenvalue weighted by Gasteiger charge is 2.20. The molecule has 5 rings (SSSR count). The number of aromatic nitrogens is 4. The highest BCUT2D eigenvalue weighted by molar-refractivity contribution is 7.98. The van der Waals surface area contributed by atoms with Gasteiger partial charge in [0.25, 0.3) is 5.56 Å². The van der Waals surface area contributed by atoms with Gasteiger partial charge in [0.1, 0.15) is 21.2 Å². The summed E-state index contributed by atoms with van der Waals surface area (Å²) < 4.78 is 2.28. The molecule has 138 valence electrons. The van der Waals surface area contributed by atoms with E-state index >= 15 is 0 Å². The second-order valence-electron chi connectivity index (χ2n) is 6.60. The lowest BCUT2D eigenvalue weighted by Crippen LogP contribution is -2.18. The molecule has 0 aromatic carbocycles. The number of rotatable bonds is 3. The minimum Gasteiger partial charge on any atom is -0.383 e. The smallest absolute Gasteiger partial charge is 0.271 e. The van der Waals surface area contributed by atoms with Crippen LogP contribution in [0.1, 0.15) is 29.1 Å². The molecule has 0 fully saturated rings. The number of nitrogen functional groups attached to an aromatic ring is 1. The number of aryl methyl sites for hydroxylation is 2. The monoisotopic (exact) mass is 415 g/mol. The van der Waals surface area contributed by atoms with Gasteiger partial charge in [0, 0.05) is 11.9 Å². The maximum Gasteiger partial charge on any atom is 0.271 e. The zero-order valence-corrected chi connectivity index (χ0v) is 17.1. The number of fused-ring (bicyclic) bond motifs is 4. The highest BCUT2D eigenvalue weighted by atomic mass is 32.2. The molecule has 1 aliphatic carbocycles. The summed E-state index contributed by atoms with van der Waals surface area (Å²) in [5.41, 5.74) is 8.37. The van der Waals surface area contributed by atoms with Crippen molar-refractivity contribution in [2.24, 2.45) is 7.05 Å². The summed E-state index contributed by atoms with van der Waals surface area (Å²) in [5, 5.41) is 3.61. The van der Waals surface area contributed by atoms with E-state index in [0.717, 1.165) is 28.6 Å². The van der Waals surface area contributed by atoms with E-state index in [0.29, 0.717) is 27.3 Å². The van der Waals surface area contributed by atoms with Crippen LogP contribution >= 0.6 is 34.4 Å². The molecule has 27 heavy (non-hydrogen) atoms. The fourth-order valence-corrected chi connectivity index (χ4v) is 6.44. The quantitative estimate of drug-likeness (QED) is 0.405. The molecule has 2 N–H and O–H groups in total. The number of anilines is 1. The Morgan fingerprint density at radius 2 is 2.11 bits per heavy atom. The van der Waals surface area contributed by atoms with Gasteiger partial charge in [0.2, 0.25) is 0 Å². The molecule has 0 saturated heterocycles. The molecule has 0 aliphatic heterocycles. The minimum atomic E-state index is -0.0145. The van der Waals surface area contributed by atoms with Crippen LogP contribution in [-0.2, 0) is 25.6 Å². The first-order valence-electron chi connectivity index (χ1n) is 8.75. The van der Waals surface area contributed by atoms with Gasteiger partial charge >= 0.3 is 0 Å². The normalized spacial score (nSPS) is 14.1. The van der Waals surface area contributed by atoms with Gasteiger partial charge in [0.15, 0.2) is 5.16 Å². The first-order valence-corrected chi connectivity index (χ1v) is 11.4. The Labute approximate surface area is 167 Å². The molecule has 0 amide bonds. The van der Waals surface area contributed by atoms with Gasteiger partial charge in [-0.3, -0.25) is 9.36 Å². The molecule has 0 unspecified atom stereocenters. The van der Waals surface area contributed by atoms with Crippen molar-refractivity contribution in [3.05, 3.63) is 38.1 Å². The van der Waals surface area contributed by atoms with Gasteiger partial charge < -0.3 is 5.73 Å². The van der Waals surface area contributed by atoms with Crippen molar-refractivity contribution < 1.29 is 0 Å². The molecular weight excluding hydrogens is 398 g/mol. The van der Waals surface area contributed by atoms with Gasteiger partial charge in [-0.05, 0) is 42.7 Å². The number of hydrogen-bond acceptors (Lipinski definition) is 8. The predicted molar refractivity (Wildman–Crippen MR) is 113 cm³/mol. The van der Waals surface area contributed by atoms with E-state index in [-0.39, 0.29) is 5.56 Å². The van der Waals surface area contributed by atoms with E-state index in [9.17, 15) is 4.79 Å². The molecule has 4 aromatic heterocycles. The van der Waals surface area contributed by atoms with Crippen LogP contribution in [0, 0.1) is 0 Å². The summed E-state index contributed by atoms with van der Waals surface area (Å²) in [6.07, 6.45) is 4.64. The predicted octanol–water partition coefficient (Wildman–Crippen LogP) is 3.75. The third-order valence-corrected chi connectivity index (χ3v) is 7.97. The molecule has 1 aliphatic rings. The summed E-state index contributed by atoms with van der Waals surface area (Å²) >= 11 is 4.64.